The molecule has 27 heavy (non-hydrogen) atoms. The molecule has 0 atom stereocenters. The van der Waals surface area contributed by atoms with Crippen LogP contribution in [-0.4, -0.2) is 14.1 Å². The summed E-state index contributed by atoms with van der Waals surface area (Å²) in [6, 6.07) is 29.0. The highest BCUT2D eigenvalue weighted by Crippen LogP contribution is 2.34. The number of nitrogens with zero attached hydrogens (tertiary/aromatic N) is 1. The standard InChI is InChI=1S/C24H19N.C2H6/c1-25(2)20-9-12-21-19(14-20)8-11-23-22(21)10-7-18-13-16-5-3-4-6-17(16)15-24(18)23;1-2/h3-15H,1-2H3;1-2H3. The summed E-state index contributed by atoms with van der Waals surface area (Å²) in [5, 5.41) is 10.5. The van der Waals surface area contributed by atoms with E-state index in [1.54, 1.807) is 0 Å². The topological polar surface area (TPSA) is 3.24 Å². The Kier molecular flexibility index (Phi) is 4.45. The summed E-state index contributed by atoms with van der Waals surface area (Å²) < 4.78 is 0. The van der Waals surface area contributed by atoms with E-state index >= 15 is 0 Å². The molecule has 5 aromatic carbocycles. The molecule has 0 amide bonds. The maximum absolute atomic E-state index is 2.33. The van der Waals surface area contributed by atoms with Crippen molar-refractivity contribution in [3.63, 3.8) is 0 Å². The van der Waals surface area contributed by atoms with Gasteiger partial charge in [-0.1, -0.05) is 68.4 Å². The van der Waals surface area contributed by atoms with Gasteiger partial charge in [-0.3, -0.25) is 0 Å². The molecule has 0 spiro atoms. The molecular formula is C26H25N. The van der Waals surface area contributed by atoms with Crippen molar-refractivity contribution < 1.29 is 0 Å². The monoisotopic (exact) mass is 351 g/mol. The minimum atomic E-state index is 1.23. The molecule has 0 radical (unpaired) electrons. The Balaban J connectivity index is 0.000000872. The maximum atomic E-state index is 2.33. The van der Waals surface area contributed by atoms with Crippen molar-refractivity contribution >= 4 is 48.8 Å². The zero-order valence-corrected chi connectivity index (χ0v) is 16.5. The Morgan fingerprint density at radius 1 is 0.481 bits per heavy atom. The van der Waals surface area contributed by atoms with Gasteiger partial charge < -0.3 is 4.90 Å². The van der Waals surface area contributed by atoms with Gasteiger partial charge in [-0.25, -0.2) is 0 Å². The first-order valence-electron chi connectivity index (χ1n) is 9.66. The molecule has 0 bridgehead atoms. The molecule has 0 saturated carbocycles. The first-order valence-corrected chi connectivity index (χ1v) is 9.66. The van der Waals surface area contributed by atoms with E-state index in [-0.39, 0.29) is 0 Å². The predicted molar refractivity (Wildman–Crippen MR) is 122 cm³/mol. The molecule has 1 heteroatoms. The molecule has 0 aliphatic heterocycles. The highest BCUT2D eigenvalue weighted by atomic mass is 15.1. The van der Waals surface area contributed by atoms with Crippen LogP contribution in [-0.2, 0) is 0 Å². The van der Waals surface area contributed by atoms with Gasteiger partial charge in [-0.05, 0) is 67.4 Å². The van der Waals surface area contributed by atoms with Gasteiger partial charge in [0.15, 0.2) is 0 Å². The van der Waals surface area contributed by atoms with E-state index in [4.69, 9.17) is 0 Å². The van der Waals surface area contributed by atoms with Crippen molar-refractivity contribution in [1.29, 1.82) is 0 Å². The summed E-state index contributed by atoms with van der Waals surface area (Å²) in [5.41, 5.74) is 1.23. The summed E-state index contributed by atoms with van der Waals surface area (Å²) in [4.78, 5) is 2.15. The molecule has 0 aromatic heterocycles. The van der Waals surface area contributed by atoms with E-state index in [0.29, 0.717) is 0 Å². The lowest BCUT2D eigenvalue weighted by molar-refractivity contribution is 1.14. The lowest BCUT2D eigenvalue weighted by Gasteiger charge is -2.14. The minimum Gasteiger partial charge on any atom is -0.378 e. The largest absolute Gasteiger partial charge is 0.378 e. The highest BCUT2D eigenvalue weighted by molar-refractivity contribution is 6.19. The molecule has 134 valence electrons. The fourth-order valence-electron chi connectivity index (χ4n) is 3.84. The number of fused-ring (bicyclic) bond motifs is 6. The van der Waals surface area contributed by atoms with Crippen molar-refractivity contribution in [3.05, 3.63) is 78.9 Å². The third-order valence-corrected chi connectivity index (χ3v) is 5.20. The van der Waals surface area contributed by atoms with Gasteiger partial charge in [-0.15, -0.1) is 0 Å². The summed E-state index contributed by atoms with van der Waals surface area (Å²) in [7, 11) is 4.17. The third-order valence-electron chi connectivity index (χ3n) is 5.20. The molecule has 5 aromatic rings. The van der Waals surface area contributed by atoms with Gasteiger partial charge >= 0.3 is 0 Å². The summed E-state index contributed by atoms with van der Waals surface area (Å²) >= 11 is 0. The summed E-state index contributed by atoms with van der Waals surface area (Å²) in [5.74, 6) is 0. The Morgan fingerprint density at radius 2 is 1.04 bits per heavy atom. The van der Waals surface area contributed by atoms with Crippen LogP contribution in [0.25, 0.3) is 43.1 Å². The van der Waals surface area contributed by atoms with Crippen LogP contribution in [0.5, 0.6) is 0 Å². The third kappa shape index (κ3) is 2.90. The van der Waals surface area contributed by atoms with E-state index in [1.165, 1.54) is 48.8 Å². The molecule has 1 nitrogen and oxygen atoms in total. The van der Waals surface area contributed by atoms with E-state index in [9.17, 15) is 0 Å². The Hall–Kier alpha value is -3.06. The van der Waals surface area contributed by atoms with Gasteiger partial charge in [0.2, 0.25) is 0 Å². The van der Waals surface area contributed by atoms with Gasteiger partial charge in [0.05, 0.1) is 0 Å². The average Bonchev–Trinajstić information content (AvgIpc) is 2.72. The molecule has 0 heterocycles. The molecule has 0 unspecified atom stereocenters. The van der Waals surface area contributed by atoms with Crippen molar-refractivity contribution in [2.24, 2.45) is 0 Å². The Bertz CT molecular complexity index is 1270. The fraction of sp³-hybridized carbons (Fsp3) is 0.154. The molecule has 0 aliphatic carbocycles. The van der Waals surface area contributed by atoms with Crippen LogP contribution in [0, 0.1) is 0 Å². The van der Waals surface area contributed by atoms with Gasteiger partial charge in [-0.2, -0.15) is 0 Å². The zero-order valence-electron chi connectivity index (χ0n) is 16.5. The predicted octanol–water partition coefficient (Wildman–Crippen LogP) is 7.39. The molecule has 0 N–H and O–H groups in total. The number of rotatable bonds is 1. The second-order valence-electron chi connectivity index (χ2n) is 6.95. The summed E-state index contributed by atoms with van der Waals surface area (Å²) in [6.45, 7) is 4.00. The van der Waals surface area contributed by atoms with Crippen LogP contribution in [0.1, 0.15) is 13.8 Å². The van der Waals surface area contributed by atoms with Crippen molar-refractivity contribution in [2.75, 3.05) is 19.0 Å². The lowest BCUT2D eigenvalue weighted by atomic mass is 9.95. The second kappa shape index (κ2) is 6.92. The van der Waals surface area contributed by atoms with Crippen LogP contribution in [0.15, 0.2) is 78.9 Å². The quantitative estimate of drug-likeness (QED) is 0.225. The fourth-order valence-corrected chi connectivity index (χ4v) is 3.84. The number of hydrogen-bond acceptors (Lipinski definition) is 1. The lowest BCUT2D eigenvalue weighted by Crippen LogP contribution is -2.07. The van der Waals surface area contributed by atoms with Crippen molar-refractivity contribution in [1.82, 2.24) is 0 Å². The smallest absolute Gasteiger partial charge is 0.0367 e. The van der Waals surface area contributed by atoms with E-state index < -0.39 is 0 Å². The molecule has 0 aliphatic rings. The minimum absolute atomic E-state index is 1.23. The van der Waals surface area contributed by atoms with Crippen molar-refractivity contribution in [3.8, 4) is 0 Å². The van der Waals surface area contributed by atoms with Crippen LogP contribution in [0.4, 0.5) is 5.69 Å². The molecular weight excluding hydrogens is 326 g/mol. The Labute approximate surface area is 160 Å². The first kappa shape index (κ1) is 17.4. The van der Waals surface area contributed by atoms with E-state index in [2.05, 4.69) is 97.9 Å². The van der Waals surface area contributed by atoms with Crippen LogP contribution in [0.3, 0.4) is 0 Å². The zero-order chi connectivity index (χ0) is 19.0. The average molecular weight is 351 g/mol. The molecule has 5 rings (SSSR count). The molecule has 0 saturated heterocycles. The summed E-state index contributed by atoms with van der Waals surface area (Å²) in [6.07, 6.45) is 0. The van der Waals surface area contributed by atoms with Crippen molar-refractivity contribution in [2.45, 2.75) is 13.8 Å². The second-order valence-corrected chi connectivity index (χ2v) is 6.95. The van der Waals surface area contributed by atoms with Crippen LogP contribution in [0.2, 0.25) is 0 Å². The van der Waals surface area contributed by atoms with Crippen LogP contribution >= 0.6 is 0 Å². The van der Waals surface area contributed by atoms with E-state index in [0.717, 1.165) is 0 Å². The first-order chi connectivity index (χ1) is 13.2. The van der Waals surface area contributed by atoms with Gasteiger partial charge in [0.25, 0.3) is 0 Å². The van der Waals surface area contributed by atoms with Gasteiger partial charge in [0.1, 0.15) is 0 Å². The number of anilines is 1. The SMILES string of the molecule is CC.CN(C)c1ccc2c(ccc3c4cc5ccccc5cc4ccc23)c1. The van der Waals surface area contributed by atoms with E-state index in [1.807, 2.05) is 13.8 Å². The molecule has 0 fully saturated rings. The maximum Gasteiger partial charge on any atom is 0.0367 e. The normalized spacial score (nSPS) is 11.0. The Morgan fingerprint density at radius 3 is 1.70 bits per heavy atom. The van der Waals surface area contributed by atoms with Gasteiger partial charge in [0, 0.05) is 19.8 Å². The van der Waals surface area contributed by atoms with Crippen LogP contribution < -0.4 is 4.90 Å². The number of hydrogen-bond donors (Lipinski definition) is 0. The highest BCUT2D eigenvalue weighted by Gasteiger charge is 2.07. The number of benzene rings is 5.